The van der Waals surface area contributed by atoms with E-state index in [1.165, 1.54) is 29.8 Å². The minimum absolute atomic E-state index is 0.266. The number of ether oxygens (including phenoxy) is 1. The molecule has 0 aliphatic carbocycles. The highest BCUT2D eigenvalue weighted by atomic mass is 19.1. The van der Waals surface area contributed by atoms with Gasteiger partial charge < -0.3 is 15.4 Å². The molecule has 154 valence electrons. The van der Waals surface area contributed by atoms with E-state index in [-0.39, 0.29) is 17.6 Å². The topological polar surface area (TPSA) is 67.4 Å². The van der Waals surface area contributed by atoms with E-state index in [0.29, 0.717) is 22.7 Å². The third-order valence-corrected chi connectivity index (χ3v) is 4.53. The molecule has 5 nitrogen and oxygen atoms in total. The van der Waals surface area contributed by atoms with Crippen LogP contribution in [0.25, 0.3) is 0 Å². The van der Waals surface area contributed by atoms with Crippen molar-refractivity contribution in [2.24, 2.45) is 0 Å². The van der Waals surface area contributed by atoms with Crippen LogP contribution in [0.15, 0.2) is 72.8 Å². The molecule has 3 aromatic carbocycles. The van der Waals surface area contributed by atoms with Crippen molar-refractivity contribution in [2.45, 2.75) is 26.4 Å². The minimum Gasteiger partial charge on any atom is -0.481 e. The summed E-state index contributed by atoms with van der Waals surface area (Å²) >= 11 is 0. The van der Waals surface area contributed by atoms with Gasteiger partial charge in [-0.05, 0) is 79.6 Å². The van der Waals surface area contributed by atoms with Crippen LogP contribution in [0.2, 0.25) is 0 Å². The minimum atomic E-state index is -0.713. The molecule has 0 unspecified atom stereocenters. The van der Waals surface area contributed by atoms with Crippen molar-refractivity contribution < 1.29 is 18.7 Å². The molecule has 0 heterocycles. The third kappa shape index (κ3) is 5.67. The molecular weight excluding hydrogens is 383 g/mol. The summed E-state index contributed by atoms with van der Waals surface area (Å²) in [6.07, 6.45) is 0.223. The van der Waals surface area contributed by atoms with Gasteiger partial charge in [-0.1, -0.05) is 19.1 Å². The molecular formula is C24H23FN2O3. The lowest BCUT2D eigenvalue weighted by atomic mass is 10.1. The van der Waals surface area contributed by atoms with Crippen molar-refractivity contribution in [1.82, 2.24) is 0 Å². The predicted octanol–water partition coefficient (Wildman–Crippen LogP) is 5.05. The second kappa shape index (κ2) is 9.69. The molecule has 2 N–H and O–H groups in total. The van der Waals surface area contributed by atoms with Gasteiger partial charge in [0.25, 0.3) is 11.8 Å². The number of nitrogens with one attached hydrogen (secondary N) is 2. The van der Waals surface area contributed by atoms with Gasteiger partial charge in [0.05, 0.1) is 0 Å². The highest BCUT2D eigenvalue weighted by Gasteiger charge is 2.15. The maximum atomic E-state index is 13.0. The maximum absolute atomic E-state index is 13.0. The van der Waals surface area contributed by atoms with Crippen LogP contribution in [0, 0.1) is 5.82 Å². The smallest absolute Gasteiger partial charge is 0.265 e. The van der Waals surface area contributed by atoms with Gasteiger partial charge in [0.1, 0.15) is 11.6 Å². The van der Waals surface area contributed by atoms with Crippen LogP contribution >= 0.6 is 0 Å². The lowest BCUT2D eigenvalue weighted by Gasteiger charge is -2.15. The highest BCUT2D eigenvalue weighted by molar-refractivity contribution is 6.04. The fourth-order valence-electron chi connectivity index (χ4n) is 2.75. The van der Waals surface area contributed by atoms with E-state index in [9.17, 15) is 14.0 Å². The van der Waals surface area contributed by atoms with Crippen molar-refractivity contribution in [3.63, 3.8) is 0 Å². The zero-order chi connectivity index (χ0) is 21.5. The highest BCUT2D eigenvalue weighted by Crippen LogP contribution is 2.17. The predicted molar refractivity (Wildman–Crippen MR) is 115 cm³/mol. The van der Waals surface area contributed by atoms with Crippen LogP contribution in [-0.2, 0) is 11.2 Å². The van der Waals surface area contributed by atoms with Gasteiger partial charge >= 0.3 is 0 Å². The van der Waals surface area contributed by atoms with Crippen molar-refractivity contribution >= 4 is 23.2 Å². The summed E-state index contributed by atoms with van der Waals surface area (Å²) in [6, 6.07) is 19.6. The number of anilines is 2. The van der Waals surface area contributed by atoms with Crippen LogP contribution in [0.3, 0.4) is 0 Å². The largest absolute Gasteiger partial charge is 0.481 e. The number of halogens is 1. The molecule has 2 amide bonds. The average molecular weight is 406 g/mol. The molecule has 0 spiro atoms. The summed E-state index contributed by atoms with van der Waals surface area (Å²) in [7, 11) is 0. The van der Waals surface area contributed by atoms with Gasteiger partial charge in [0, 0.05) is 16.9 Å². The zero-order valence-electron chi connectivity index (χ0n) is 16.8. The van der Waals surface area contributed by atoms with Gasteiger partial charge in [-0.2, -0.15) is 0 Å². The Morgan fingerprint density at radius 2 is 1.43 bits per heavy atom. The van der Waals surface area contributed by atoms with E-state index in [0.717, 1.165) is 6.42 Å². The first-order chi connectivity index (χ1) is 14.4. The molecule has 0 aliphatic heterocycles. The molecule has 3 aromatic rings. The molecule has 6 heteroatoms. The zero-order valence-corrected chi connectivity index (χ0v) is 16.8. The third-order valence-electron chi connectivity index (χ3n) is 4.53. The van der Waals surface area contributed by atoms with E-state index in [1.807, 2.05) is 24.3 Å². The first kappa shape index (κ1) is 21.0. The summed E-state index contributed by atoms with van der Waals surface area (Å²) < 4.78 is 18.6. The van der Waals surface area contributed by atoms with Crippen molar-refractivity contribution in [2.75, 3.05) is 10.6 Å². The van der Waals surface area contributed by atoms with E-state index in [2.05, 4.69) is 17.6 Å². The fourth-order valence-corrected chi connectivity index (χ4v) is 2.75. The Balaban J connectivity index is 1.55. The molecule has 30 heavy (non-hydrogen) atoms. The van der Waals surface area contributed by atoms with E-state index in [4.69, 9.17) is 4.74 Å². The van der Waals surface area contributed by atoms with E-state index in [1.54, 1.807) is 31.2 Å². The van der Waals surface area contributed by atoms with Gasteiger partial charge in [0.2, 0.25) is 0 Å². The van der Waals surface area contributed by atoms with Crippen molar-refractivity contribution in [1.29, 1.82) is 0 Å². The average Bonchev–Trinajstić information content (AvgIpc) is 2.76. The van der Waals surface area contributed by atoms with Gasteiger partial charge in [0.15, 0.2) is 6.10 Å². The molecule has 3 rings (SSSR count). The number of hydrogen-bond acceptors (Lipinski definition) is 3. The number of rotatable bonds is 7. The van der Waals surface area contributed by atoms with Crippen LogP contribution < -0.4 is 15.4 Å². The Hall–Kier alpha value is -3.67. The Morgan fingerprint density at radius 3 is 2.03 bits per heavy atom. The van der Waals surface area contributed by atoms with Gasteiger partial charge in [-0.25, -0.2) is 4.39 Å². The monoisotopic (exact) mass is 406 g/mol. The Kier molecular flexibility index (Phi) is 6.80. The molecule has 0 saturated carbocycles. The van der Waals surface area contributed by atoms with Gasteiger partial charge in [-0.15, -0.1) is 0 Å². The number of carbonyl (C=O) groups is 2. The van der Waals surface area contributed by atoms with Crippen molar-refractivity contribution in [3.05, 3.63) is 89.7 Å². The first-order valence-corrected chi connectivity index (χ1v) is 9.68. The quantitative estimate of drug-likeness (QED) is 0.577. The maximum Gasteiger partial charge on any atom is 0.265 e. The van der Waals surface area contributed by atoms with Crippen LogP contribution in [0.4, 0.5) is 15.8 Å². The molecule has 0 fully saturated rings. The Bertz CT molecular complexity index is 1000. The molecule has 0 aromatic heterocycles. The standard InChI is InChI=1S/C24H23FN2O3/c1-3-17-4-10-20(11-5-17)26-23(28)16(2)30-22-14-6-18(7-15-22)24(29)27-21-12-8-19(25)9-13-21/h4-16H,3H2,1-2H3,(H,26,28)(H,27,29)/t16-/m0/s1. The Morgan fingerprint density at radius 1 is 0.867 bits per heavy atom. The number of carbonyl (C=O) groups excluding carboxylic acids is 2. The number of hydrogen-bond donors (Lipinski definition) is 2. The van der Waals surface area contributed by atoms with Crippen molar-refractivity contribution in [3.8, 4) is 5.75 Å². The number of benzene rings is 3. The van der Waals surface area contributed by atoms with Gasteiger partial charge in [-0.3, -0.25) is 9.59 Å². The summed E-state index contributed by atoms with van der Waals surface area (Å²) in [5, 5.41) is 5.51. The van der Waals surface area contributed by atoms with Crippen LogP contribution in [0.5, 0.6) is 5.75 Å². The molecule has 0 radical (unpaired) electrons. The SMILES string of the molecule is CCc1ccc(NC(=O)[C@H](C)Oc2ccc(C(=O)Nc3ccc(F)cc3)cc2)cc1. The van der Waals surface area contributed by atoms with Crippen LogP contribution in [0.1, 0.15) is 29.8 Å². The summed E-state index contributed by atoms with van der Waals surface area (Å²) in [5.74, 6) is -0.491. The molecule has 0 aliphatic rings. The second-order valence-electron chi connectivity index (χ2n) is 6.79. The summed E-state index contributed by atoms with van der Waals surface area (Å²) in [6.45, 7) is 3.73. The summed E-state index contributed by atoms with van der Waals surface area (Å²) in [4.78, 5) is 24.6. The van der Waals surface area contributed by atoms with E-state index < -0.39 is 6.10 Å². The lowest BCUT2D eigenvalue weighted by molar-refractivity contribution is -0.122. The lowest BCUT2D eigenvalue weighted by Crippen LogP contribution is -2.30. The fraction of sp³-hybridized carbons (Fsp3) is 0.167. The number of amides is 2. The normalized spacial score (nSPS) is 11.4. The molecule has 0 bridgehead atoms. The molecule has 1 atom stereocenters. The van der Waals surface area contributed by atoms with E-state index >= 15 is 0 Å². The van der Waals surface area contributed by atoms with Crippen LogP contribution in [-0.4, -0.2) is 17.9 Å². The molecule has 0 saturated heterocycles. The summed E-state index contributed by atoms with van der Waals surface area (Å²) in [5.41, 5.74) is 2.82. The second-order valence-corrected chi connectivity index (χ2v) is 6.79. The first-order valence-electron chi connectivity index (χ1n) is 9.68. The number of aryl methyl sites for hydroxylation is 1. The Labute approximate surface area is 174 Å².